The van der Waals surface area contributed by atoms with Crippen LogP contribution in [0.25, 0.3) is 0 Å². The lowest BCUT2D eigenvalue weighted by Gasteiger charge is -2.07. The van der Waals surface area contributed by atoms with Gasteiger partial charge >= 0.3 is 0 Å². The van der Waals surface area contributed by atoms with Crippen LogP contribution in [0.2, 0.25) is 0 Å². The van der Waals surface area contributed by atoms with Crippen molar-refractivity contribution in [3.63, 3.8) is 0 Å². The van der Waals surface area contributed by atoms with Crippen LogP contribution in [0.4, 0.5) is 0 Å². The zero-order valence-corrected chi connectivity index (χ0v) is 11.2. The Morgan fingerprint density at radius 1 is 1.57 bits per heavy atom. The molecule has 1 aromatic rings. The molecule has 0 unspecified atom stereocenters. The lowest BCUT2D eigenvalue weighted by atomic mass is 10.5. The van der Waals surface area contributed by atoms with Gasteiger partial charge in [0.05, 0.1) is 5.25 Å². The maximum Gasteiger partial charge on any atom is 0.214 e. The van der Waals surface area contributed by atoms with Gasteiger partial charge in [0.15, 0.2) is 0 Å². The Bertz CT molecular complexity index is 397. The number of hydrogen-bond acceptors (Lipinski definition) is 3. The quantitative estimate of drug-likeness (QED) is 0.927. The van der Waals surface area contributed by atoms with Gasteiger partial charge in [0, 0.05) is 21.3 Å². The summed E-state index contributed by atoms with van der Waals surface area (Å²) in [5.74, 6) is 0. The molecule has 0 aromatic carbocycles. The molecular weight excluding hydrogens is 286 g/mol. The summed E-state index contributed by atoms with van der Waals surface area (Å²) < 4.78 is 26.3. The van der Waals surface area contributed by atoms with E-state index in [9.17, 15) is 8.42 Å². The van der Waals surface area contributed by atoms with Crippen molar-refractivity contribution < 1.29 is 8.42 Å². The van der Waals surface area contributed by atoms with Gasteiger partial charge in [-0.25, -0.2) is 13.1 Å². The monoisotopic (exact) mass is 297 g/mol. The highest BCUT2D eigenvalue weighted by Crippen LogP contribution is 2.19. The molecule has 1 aromatic heterocycles. The first-order chi connectivity index (χ1) is 6.42. The Labute approximate surface area is 96.7 Å². The van der Waals surface area contributed by atoms with Crippen LogP contribution in [0.5, 0.6) is 0 Å². The van der Waals surface area contributed by atoms with Gasteiger partial charge in [-0.05, 0) is 35.8 Å². The van der Waals surface area contributed by atoms with E-state index in [1.54, 1.807) is 13.8 Å². The van der Waals surface area contributed by atoms with Crippen molar-refractivity contribution >= 4 is 37.3 Å². The molecule has 1 N–H and O–H groups in total. The van der Waals surface area contributed by atoms with E-state index >= 15 is 0 Å². The molecule has 0 fully saturated rings. The fraction of sp³-hybridized carbons (Fsp3) is 0.500. The summed E-state index contributed by atoms with van der Waals surface area (Å²) in [6.07, 6.45) is 0. The molecule has 0 atom stereocenters. The van der Waals surface area contributed by atoms with Gasteiger partial charge in [-0.1, -0.05) is 0 Å². The van der Waals surface area contributed by atoms with E-state index in [0.29, 0.717) is 6.54 Å². The van der Waals surface area contributed by atoms with E-state index in [1.165, 1.54) is 11.3 Å². The Kier molecular flexibility index (Phi) is 4.12. The second-order valence-electron chi connectivity index (χ2n) is 3.15. The van der Waals surface area contributed by atoms with Crippen molar-refractivity contribution in [2.24, 2.45) is 0 Å². The minimum absolute atomic E-state index is 0.372. The first-order valence-electron chi connectivity index (χ1n) is 4.13. The molecule has 0 aliphatic rings. The maximum absolute atomic E-state index is 11.4. The van der Waals surface area contributed by atoms with Crippen molar-refractivity contribution in [3.05, 3.63) is 20.8 Å². The number of hydrogen-bond donors (Lipinski definition) is 1. The fourth-order valence-electron chi connectivity index (χ4n) is 0.785. The van der Waals surface area contributed by atoms with Gasteiger partial charge in [-0.15, -0.1) is 11.3 Å². The van der Waals surface area contributed by atoms with E-state index in [-0.39, 0.29) is 5.25 Å². The van der Waals surface area contributed by atoms with Gasteiger partial charge in [0.2, 0.25) is 10.0 Å². The average molecular weight is 298 g/mol. The summed E-state index contributed by atoms with van der Waals surface area (Å²) in [6, 6.07) is 1.91. The van der Waals surface area contributed by atoms with Crippen LogP contribution >= 0.6 is 27.3 Å². The van der Waals surface area contributed by atoms with Crippen LogP contribution in [0.15, 0.2) is 15.9 Å². The number of halogens is 1. The zero-order chi connectivity index (χ0) is 10.8. The SMILES string of the molecule is CC(C)S(=O)(=O)NCc1cc(Br)cs1. The van der Waals surface area contributed by atoms with Crippen LogP contribution < -0.4 is 4.72 Å². The Morgan fingerprint density at radius 3 is 2.64 bits per heavy atom. The van der Waals surface area contributed by atoms with E-state index in [4.69, 9.17) is 0 Å². The minimum atomic E-state index is -3.15. The molecule has 3 nitrogen and oxygen atoms in total. The fourth-order valence-corrected chi connectivity index (χ4v) is 2.96. The maximum atomic E-state index is 11.4. The highest BCUT2D eigenvalue weighted by molar-refractivity contribution is 9.10. The molecule has 1 rings (SSSR count). The first kappa shape index (κ1) is 12.2. The summed E-state index contributed by atoms with van der Waals surface area (Å²) in [5.41, 5.74) is 0. The molecule has 0 bridgehead atoms. The molecule has 1 heterocycles. The van der Waals surface area contributed by atoms with Gasteiger partial charge in [-0.2, -0.15) is 0 Å². The predicted octanol–water partition coefficient (Wildman–Crippen LogP) is 2.34. The van der Waals surface area contributed by atoms with E-state index in [2.05, 4.69) is 20.7 Å². The third kappa shape index (κ3) is 3.34. The third-order valence-electron chi connectivity index (χ3n) is 1.69. The molecule has 0 aliphatic carbocycles. The Hall–Kier alpha value is 0.0900. The minimum Gasteiger partial charge on any atom is -0.212 e. The molecule has 0 radical (unpaired) electrons. The van der Waals surface area contributed by atoms with Crippen LogP contribution in [0.3, 0.4) is 0 Å². The van der Waals surface area contributed by atoms with Crippen molar-refractivity contribution in [1.82, 2.24) is 4.72 Å². The molecule has 6 heteroatoms. The smallest absolute Gasteiger partial charge is 0.212 e. The molecule has 0 saturated heterocycles. The highest BCUT2D eigenvalue weighted by Gasteiger charge is 2.14. The summed E-state index contributed by atoms with van der Waals surface area (Å²) in [4.78, 5) is 1.00. The van der Waals surface area contributed by atoms with Gasteiger partial charge in [0.1, 0.15) is 0 Å². The third-order valence-corrected chi connectivity index (χ3v) is 5.18. The molecule has 0 amide bonds. The van der Waals surface area contributed by atoms with E-state index < -0.39 is 10.0 Å². The number of thiophene rings is 1. The van der Waals surface area contributed by atoms with Crippen molar-refractivity contribution in [2.45, 2.75) is 25.6 Å². The number of rotatable bonds is 4. The summed E-state index contributed by atoms with van der Waals surface area (Å²) in [7, 11) is -3.15. The molecular formula is C8H12BrNO2S2. The summed E-state index contributed by atoms with van der Waals surface area (Å²) >= 11 is 4.84. The molecule has 14 heavy (non-hydrogen) atoms. The van der Waals surface area contributed by atoms with Crippen LogP contribution in [-0.4, -0.2) is 13.7 Å². The lowest BCUT2D eigenvalue weighted by Crippen LogP contribution is -2.29. The molecule has 0 saturated carbocycles. The molecule has 0 spiro atoms. The topological polar surface area (TPSA) is 46.2 Å². The summed E-state index contributed by atoms with van der Waals surface area (Å²) in [6.45, 7) is 3.69. The Balaban J connectivity index is 2.57. The van der Waals surface area contributed by atoms with E-state index in [0.717, 1.165) is 9.35 Å². The average Bonchev–Trinajstić information content (AvgIpc) is 2.48. The van der Waals surface area contributed by atoms with Gasteiger partial charge in [0.25, 0.3) is 0 Å². The predicted molar refractivity (Wildman–Crippen MR) is 62.9 cm³/mol. The molecule has 80 valence electrons. The number of sulfonamides is 1. The van der Waals surface area contributed by atoms with Crippen LogP contribution in [-0.2, 0) is 16.6 Å². The Morgan fingerprint density at radius 2 is 2.21 bits per heavy atom. The second kappa shape index (κ2) is 4.74. The van der Waals surface area contributed by atoms with Gasteiger partial charge < -0.3 is 0 Å². The van der Waals surface area contributed by atoms with E-state index in [1.807, 2.05) is 11.4 Å². The van der Waals surface area contributed by atoms with Crippen molar-refractivity contribution in [2.75, 3.05) is 0 Å². The summed E-state index contributed by atoms with van der Waals surface area (Å²) in [5, 5.41) is 1.55. The molecule has 0 aliphatic heterocycles. The largest absolute Gasteiger partial charge is 0.214 e. The zero-order valence-electron chi connectivity index (χ0n) is 7.95. The highest BCUT2D eigenvalue weighted by atomic mass is 79.9. The standard InChI is InChI=1S/C8H12BrNO2S2/c1-6(2)14(11,12)10-4-8-3-7(9)5-13-8/h3,5-6,10H,4H2,1-2H3. The van der Waals surface area contributed by atoms with Crippen LogP contribution in [0.1, 0.15) is 18.7 Å². The second-order valence-corrected chi connectivity index (χ2v) is 7.38. The normalized spacial score (nSPS) is 12.3. The van der Waals surface area contributed by atoms with Crippen molar-refractivity contribution in [1.29, 1.82) is 0 Å². The lowest BCUT2D eigenvalue weighted by molar-refractivity contribution is 0.572. The first-order valence-corrected chi connectivity index (χ1v) is 7.35. The number of nitrogens with one attached hydrogen (secondary N) is 1. The van der Waals surface area contributed by atoms with Crippen LogP contribution in [0, 0.1) is 0 Å². The van der Waals surface area contributed by atoms with Gasteiger partial charge in [-0.3, -0.25) is 0 Å². The van der Waals surface area contributed by atoms with Crippen molar-refractivity contribution in [3.8, 4) is 0 Å².